The van der Waals surface area contributed by atoms with Crippen LogP contribution in [-0.4, -0.2) is 69.3 Å². The Morgan fingerprint density at radius 3 is 2.15 bits per heavy atom. The zero-order valence-corrected chi connectivity index (χ0v) is 35.7. The lowest BCUT2D eigenvalue weighted by Gasteiger charge is -2.37. The number of carbonyl (C=O) groups excluding carboxylic acids is 3. The van der Waals surface area contributed by atoms with Crippen LogP contribution in [0.5, 0.6) is 11.5 Å². The van der Waals surface area contributed by atoms with Crippen molar-refractivity contribution in [1.82, 2.24) is 4.90 Å². The van der Waals surface area contributed by atoms with Gasteiger partial charge in [-0.25, -0.2) is 0 Å². The molecule has 0 bridgehead atoms. The van der Waals surface area contributed by atoms with Crippen molar-refractivity contribution in [2.75, 3.05) is 37.6 Å². The number of methoxy groups -OCH3 is 2. The predicted molar refractivity (Wildman–Crippen MR) is 233 cm³/mol. The third-order valence-electron chi connectivity index (χ3n) is 12.0. The first-order valence-electron chi connectivity index (χ1n) is 19.8. The molecule has 3 amide bonds. The van der Waals surface area contributed by atoms with Gasteiger partial charge in [0.25, 0.3) is 11.8 Å². The van der Waals surface area contributed by atoms with Gasteiger partial charge in [-0.3, -0.25) is 14.4 Å². The summed E-state index contributed by atoms with van der Waals surface area (Å²) in [4.78, 5) is 46.0. The van der Waals surface area contributed by atoms with Crippen molar-refractivity contribution >= 4 is 54.0 Å². The van der Waals surface area contributed by atoms with Crippen LogP contribution in [0.25, 0.3) is 0 Å². The molecule has 0 saturated carbocycles. The van der Waals surface area contributed by atoms with Gasteiger partial charge in [0.1, 0.15) is 11.5 Å². The number of amides is 3. The molecule has 0 unspecified atom stereocenters. The minimum Gasteiger partial charge on any atom is -0.497 e. The zero-order valence-electron chi connectivity index (χ0n) is 34.0. The van der Waals surface area contributed by atoms with E-state index in [-0.39, 0.29) is 55.3 Å². The molecule has 59 heavy (non-hydrogen) atoms. The molecule has 4 atom stereocenters. The largest absolute Gasteiger partial charge is 0.497 e. The highest BCUT2D eigenvalue weighted by molar-refractivity contribution is 6.91. The monoisotopic (exact) mass is 831 g/mol. The average Bonchev–Trinajstić information content (AvgIpc) is 3.67. The van der Waals surface area contributed by atoms with Crippen molar-refractivity contribution in [3.8, 4) is 11.5 Å². The number of ether oxygens (including phenoxy) is 3. The molecular weight excluding hydrogens is 782 g/mol. The van der Waals surface area contributed by atoms with Crippen LogP contribution in [0.1, 0.15) is 40.4 Å². The van der Waals surface area contributed by atoms with Crippen molar-refractivity contribution < 1.29 is 33.7 Å². The van der Waals surface area contributed by atoms with Crippen molar-refractivity contribution in [2.24, 2.45) is 5.92 Å². The quantitative estimate of drug-likeness (QED) is 0.110. The summed E-state index contributed by atoms with van der Waals surface area (Å²) in [5.41, 5.74) is 2.69. The second-order valence-electron chi connectivity index (χ2n) is 15.8. The number of nitrogens with zero attached hydrogens (tertiary/aromatic N) is 2. The Hall–Kier alpha value is -5.46. The van der Waals surface area contributed by atoms with Gasteiger partial charge in [-0.2, -0.15) is 0 Å². The first-order chi connectivity index (χ1) is 28.4. The standard InChI is InChI=1S/C47H50ClN3O7Si/c1-31-44(59(4,5)39-22-20-38(57-3)21-23-39)42(28-43(53)50(25-26-52)29-32-9-7-6-8-10-32)58-47(31)40-27-35(48)15-24-41(40)51(46(47)55)30-33-11-16-36(17-12-33)49-45(54)34-13-18-37(56-2)19-14-34/h6-24,27,31,42,44,52H,25-26,28-30H2,1-5H3,(H,49,54)/t31-,42+,44-,47+/m0/s1. The number of aliphatic hydroxyl groups is 1. The Bertz CT molecular complexity index is 2290. The molecule has 1 saturated heterocycles. The van der Waals surface area contributed by atoms with Crippen LogP contribution in [-0.2, 0) is 33.0 Å². The Morgan fingerprint density at radius 1 is 0.881 bits per heavy atom. The Balaban J connectivity index is 1.21. The number of nitrogens with one attached hydrogen (secondary N) is 1. The Labute approximate surface area is 351 Å². The van der Waals surface area contributed by atoms with Crippen molar-refractivity contribution in [1.29, 1.82) is 0 Å². The van der Waals surface area contributed by atoms with Gasteiger partial charge >= 0.3 is 0 Å². The van der Waals surface area contributed by atoms with Gasteiger partial charge in [0.2, 0.25) is 5.91 Å². The molecule has 1 fully saturated rings. The SMILES string of the molecule is COc1ccc(C(=O)Nc2ccc(CN3C(=O)[C@]4(O[C@H](CC(=O)N(CCO)Cc5ccccc5)[C@@H]([Si](C)(C)c5ccc(OC)cc5)[C@@H]4C)c4cc(Cl)ccc43)cc2)cc1. The van der Waals surface area contributed by atoms with E-state index in [0.29, 0.717) is 39.8 Å². The number of rotatable bonds is 14. The lowest BCUT2D eigenvalue weighted by Crippen LogP contribution is -2.52. The van der Waals surface area contributed by atoms with Gasteiger partial charge in [0.15, 0.2) is 5.60 Å². The second-order valence-corrected chi connectivity index (χ2v) is 20.9. The molecule has 306 valence electrons. The molecule has 1 spiro atoms. The number of anilines is 2. The lowest BCUT2D eigenvalue weighted by molar-refractivity contribution is -0.150. The van der Waals surface area contributed by atoms with E-state index in [2.05, 4.69) is 37.5 Å². The second kappa shape index (κ2) is 17.4. The van der Waals surface area contributed by atoms with Crippen LogP contribution in [0.2, 0.25) is 23.7 Å². The minimum atomic E-state index is -2.55. The van der Waals surface area contributed by atoms with Gasteiger partial charge in [0, 0.05) is 40.8 Å². The first kappa shape index (κ1) is 41.7. The van der Waals surface area contributed by atoms with Crippen LogP contribution in [0, 0.1) is 5.92 Å². The molecule has 5 aromatic rings. The maximum atomic E-state index is 15.3. The van der Waals surface area contributed by atoms with Crippen molar-refractivity contribution in [3.05, 3.63) is 149 Å². The molecule has 2 N–H and O–H groups in total. The summed E-state index contributed by atoms with van der Waals surface area (Å²) in [5, 5.41) is 14.6. The number of benzene rings is 5. The summed E-state index contributed by atoms with van der Waals surface area (Å²) in [6, 6.07) is 37.6. The van der Waals surface area contributed by atoms with Crippen molar-refractivity contribution in [2.45, 2.75) is 56.8 Å². The van der Waals surface area contributed by atoms with Gasteiger partial charge in [-0.1, -0.05) is 91.4 Å². The topological polar surface area (TPSA) is 118 Å². The van der Waals surface area contributed by atoms with E-state index in [1.54, 1.807) is 54.4 Å². The zero-order chi connectivity index (χ0) is 41.9. The minimum absolute atomic E-state index is 0.0308. The van der Waals surface area contributed by atoms with Crippen LogP contribution in [0.3, 0.4) is 0 Å². The van der Waals surface area contributed by atoms with Crippen LogP contribution < -0.4 is 24.9 Å². The highest BCUT2D eigenvalue weighted by Crippen LogP contribution is 2.60. The normalized spacial score (nSPS) is 19.7. The van der Waals surface area contributed by atoms with E-state index in [4.69, 9.17) is 25.8 Å². The number of carbonyl (C=O) groups is 3. The maximum Gasteiger partial charge on any atom is 0.264 e. The van der Waals surface area contributed by atoms with E-state index >= 15 is 4.79 Å². The molecule has 0 radical (unpaired) electrons. The summed E-state index contributed by atoms with van der Waals surface area (Å²) >= 11 is 6.72. The molecule has 0 aromatic heterocycles. The highest BCUT2D eigenvalue weighted by Gasteiger charge is 2.66. The predicted octanol–water partition coefficient (Wildman–Crippen LogP) is 7.78. The molecule has 2 aliphatic rings. The molecule has 7 rings (SSSR count). The lowest BCUT2D eigenvalue weighted by atomic mass is 9.82. The van der Waals surface area contributed by atoms with Gasteiger partial charge in [-0.15, -0.1) is 0 Å². The molecule has 2 heterocycles. The maximum absolute atomic E-state index is 15.3. The summed E-state index contributed by atoms with van der Waals surface area (Å²) in [6.07, 6.45) is -0.592. The fourth-order valence-corrected chi connectivity index (χ4v) is 13.2. The molecule has 12 heteroatoms. The number of halogens is 1. The number of hydrogen-bond acceptors (Lipinski definition) is 7. The van der Waals surface area contributed by atoms with Crippen LogP contribution in [0.4, 0.5) is 11.4 Å². The van der Waals surface area contributed by atoms with E-state index in [0.717, 1.165) is 22.1 Å². The van der Waals surface area contributed by atoms with E-state index < -0.39 is 19.8 Å². The van der Waals surface area contributed by atoms with Gasteiger partial charge in [0.05, 0.1) is 53.7 Å². The fourth-order valence-electron chi connectivity index (χ4n) is 8.98. The van der Waals surface area contributed by atoms with Crippen LogP contribution in [0.15, 0.2) is 121 Å². The molecule has 5 aromatic carbocycles. The number of hydrogen-bond donors (Lipinski definition) is 2. The summed E-state index contributed by atoms with van der Waals surface area (Å²) in [6.45, 7) is 7.19. The summed E-state index contributed by atoms with van der Waals surface area (Å²) < 4.78 is 17.9. The Kier molecular flexibility index (Phi) is 12.3. The fraction of sp³-hybridized carbons (Fsp3) is 0.298. The highest BCUT2D eigenvalue weighted by atomic mass is 35.5. The summed E-state index contributed by atoms with van der Waals surface area (Å²) in [7, 11) is 0.663. The number of aliphatic hydroxyl groups excluding tert-OH is 1. The third-order valence-corrected chi connectivity index (χ3v) is 16.6. The summed E-state index contributed by atoms with van der Waals surface area (Å²) in [5.74, 6) is 0.435. The first-order valence-corrected chi connectivity index (χ1v) is 23.3. The Morgan fingerprint density at radius 2 is 1.53 bits per heavy atom. The molecule has 10 nitrogen and oxygen atoms in total. The molecule has 2 aliphatic heterocycles. The van der Waals surface area contributed by atoms with Crippen LogP contribution >= 0.6 is 11.6 Å². The van der Waals surface area contributed by atoms with Gasteiger partial charge in [-0.05, 0) is 83.4 Å². The van der Waals surface area contributed by atoms with Gasteiger partial charge < -0.3 is 34.4 Å². The molecule has 0 aliphatic carbocycles. The number of fused-ring (bicyclic) bond motifs is 2. The smallest absolute Gasteiger partial charge is 0.264 e. The van der Waals surface area contributed by atoms with E-state index in [1.807, 2.05) is 78.9 Å². The average molecular weight is 832 g/mol. The third kappa shape index (κ3) is 8.25. The van der Waals surface area contributed by atoms with E-state index in [1.165, 1.54) is 0 Å². The van der Waals surface area contributed by atoms with E-state index in [9.17, 15) is 14.7 Å². The van der Waals surface area contributed by atoms with Crippen molar-refractivity contribution in [3.63, 3.8) is 0 Å². The molecular formula is C47H50ClN3O7Si.